The number of azo groups is 1. The Morgan fingerprint density at radius 3 is 3.00 bits per heavy atom. The van der Waals surface area contributed by atoms with E-state index >= 15 is 0 Å². The van der Waals surface area contributed by atoms with Gasteiger partial charge in [-0.25, -0.2) is 4.57 Å². The predicted molar refractivity (Wildman–Crippen MR) is 89.3 cm³/mol. The number of para-hydroxylation sites is 1. The van der Waals surface area contributed by atoms with Gasteiger partial charge in [-0.05, 0) is 28.6 Å². The van der Waals surface area contributed by atoms with Crippen LogP contribution in [0.1, 0.15) is 0 Å². The smallest absolute Gasteiger partial charge is 0.409 e. The molecular formula is C16H15N4O2S+. The van der Waals surface area contributed by atoms with Gasteiger partial charge in [0.1, 0.15) is 23.6 Å². The number of hydrogen-bond donors (Lipinski definition) is 2. The van der Waals surface area contributed by atoms with Crippen molar-refractivity contribution in [2.24, 2.45) is 17.3 Å². The molecule has 116 valence electrons. The molecule has 6 nitrogen and oxygen atoms in total. The number of aromatic nitrogens is 1. The van der Waals surface area contributed by atoms with Crippen LogP contribution < -0.4 is 14.6 Å². The number of thiazole rings is 1. The summed E-state index contributed by atoms with van der Waals surface area (Å²) >= 11 is 1.56. The number of ether oxygens (including phenoxy) is 1. The molecule has 3 aromatic rings. The molecule has 0 saturated heterocycles. The molecule has 7 heteroatoms. The van der Waals surface area contributed by atoms with Crippen LogP contribution in [-0.4, -0.2) is 18.3 Å². The topological polar surface area (TPSA) is 70.1 Å². The van der Waals surface area contributed by atoms with Crippen molar-refractivity contribution >= 4 is 38.1 Å². The number of nitrogens with zero attached hydrogens (tertiary/aromatic N) is 3. The van der Waals surface area contributed by atoms with E-state index in [0.717, 1.165) is 27.6 Å². The standard InChI is InChI=1S/C16H14N4O2S/c1-20-12-4-2-3-5-15(12)23-16(20)19-18-10-9-14-11(8-13(10)21)17-6-7-22-14/h2-5,8-9H,6-7H2,1H3,(H,17,21)/p+1. The molecule has 0 atom stereocenters. The number of aryl methyl sites for hydroxylation is 1. The largest absolute Gasteiger partial charge is 0.505 e. The number of hydrogen-bond acceptors (Lipinski definition) is 6. The van der Waals surface area contributed by atoms with Crippen LogP contribution in [0.3, 0.4) is 0 Å². The molecule has 2 N–H and O–H groups in total. The average Bonchev–Trinajstić information content (AvgIpc) is 2.89. The molecule has 4 rings (SSSR count). The van der Waals surface area contributed by atoms with E-state index in [-0.39, 0.29) is 5.75 Å². The maximum Gasteiger partial charge on any atom is 0.409 e. The molecule has 2 heterocycles. The fraction of sp³-hybridized carbons (Fsp3) is 0.188. The number of phenols is 1. The van der Waals surface area contributed by atoms with Crippen molar-refractivity contribution in [3.05, 3.63) is 36.4 Å². The summed E-state index contributed by atoms with van der Waals surface area (Å²) in [4.78, 5) is 0. The number of rotatable bonds is 2. The molecule has 0 aliphatic carbocycles. The zero-order valence-electron chi connectivity index (χ0n) is 12.5. The highest BCUT2D eigenvalue weighted by Crippen LogP contribution is 2.39. The number of nitrogens with one attached hydrogen (secondary N) is 1. The summed E-state index contributed by atoms with van der Waals surface area (Å²) < 4.78 is 8.69. The fourth-order valence-corrected chi connectivity index (χ4v) is 3.49. The van der Waals surface area contributed by atoms with Crippen molar-refractivity contribution in [2.45, 2.75) is 0 Å². The summed E-state index contributed by atoms with van der Waals surface area (Å²) in [7, 11) is 1.95. The number of phenolic OH excluding ortho intramolecular Hbond substituents is 1. The van der Waals surface area contributed by atoms with Crippen molar-refractivity contribution in [2.75, 3.05) is 18.5 Å². The first-order valence-corrected chi connectivity index (χ1v) is 8.07. The van der Waals surface area contributed by atoms with Gasteiger partial charge in [-0.3, -0.25) is 0 Å². The van der Waals surface area contributed by atoms with Gasteiger partial charge >= 0.3 is 5.13 Å². The SMILES string of the molecule is C[n+]1c(N=Nc2cc3c(cc2O)NCCO3)sc2ccccc21. The van der Waals surface area contributed by atoms with Crippen LogP contribution in [0.15, 0.2) is 46.6 Å². The molecule has 0 bridgehead atoms. The van der Waals surface area contributed by atoms with Crippen LogP contribution in [0, 0.1) is 0 Å². The van der Waals surface area contributed by atoms with Gasteiger partial charge in [-0.1, -0.05) is 12.1 Å². The van der Waals surface area contributed by atoms with Crippen LogP contribution in [0.4, 0.5) is 16.5 Å². The van der Waals surface area contributed by atoms with Crippen molar-refractivity contribution in [3.8, 4) is 11.5 Å². The molecule has 0 spiro atoms. The average molecular weight is 327 g/mol. The van der Waals surface area contributed by atoms with Gasteiger partial charge in [0, 0.05) is 18.7 Å². The zero-order chi connectivity index (χ0) is 15.8. The fourth-order valence-electron chi connectivity index (χ4n) is 2.52. The van der Waals surface area contributed by atoms with Gasteiger partial charge < -0.3 is 15.2 Å². The van der Waals surface area contributed by atoms with Gasteiger partial charge in [-0.15, -0.1) is 0 Å². The van der Waals surface area contributed by atoms with Gasteiger partial charge in [0.2, 0.25) is 0 Å². The van der Waals surface area contributed by atoms with Gasteiger partial charge in [0.25, 0.3) is 0 Å². The maximum atomic E-state index is 10.1. The Hall–Kier alpha value is -2.67. The Bertz CT molecular complexity index is 920. The first-order chi connectivity index (χ1) is 11.2. The van der Waals surface area contributed by atoms with Crippen molar-refractivity contribution in [1.82, 2.24) is 0 Å². The molecule has 0 amide bonds. The zero-order valence-corrected chi connectivity index (χ0v) is 13.3. The molecule has 0 unspecified atom stereocenters. The third-order valence-corrected chi connectivity index (χ3v) is 4.81. The van der Waals surface area contributed by atoms with Crippen LogP contribution in [0.5, 0.6) is 11.5 Å². The molecule has 2 aromatic carbocycles. The monoisotopic (exact) mass is 327 g/mol. The highest BCUT2D eigenvalue weighted by Gasteiger charge is 2.18. The summed E-state index contributed by atoms with van der Waals surface area (Å²) in [6.45, 7) is 1.32. The Morgan fingerprint density at radius 1 is 1.26 bits per heavy atom. The number of aromatic hydroxyl groups is 1. The minimum atomic E-state index is 0.0780. The van der Waals surface area contributed by atoms with E-state index in [1.54, 1.807) is 23.5 Å². The van der Waals surface area contributed by atoms with Crippen LogP contribution in [-0.2, 0) is 7.05 Å². The summed E-state index contributed by atoms with van der Waals surface area (Å²) in [6.07, 6.45) is 0. The summed E-state index contributed by atoms with van der Waals surface area (Å²) in [5, 5.41) is 22.5. The molecule has 0 fully saturated rings. The highest BCUT2D eigenvalue weighted by molar-refractivity contribution is 7.21. The second-order valence-corrected chi connectivity index (χ2v) is 6.23. The normalized spacial score (nSPS) is 13.8. The van der Waals surface area contributed by atoms with Gasteiger partial charge in [-0.2, -0.15) is 0 Å². The van der Waals surface area contributed by atoms with E-state index < -0.39 is 0 Å². The van der Waals surface area contributed by atoms with Crippen LogP contribution in [0.2, 0.25) is 0 Å². The Morgan fingerprint density at radius 2 is 2.13 bits per heavy atom. The molecular weight excluding hydrogens is 312 g/mol. The third kappa shape index (κ3) is 2.49. The highest BCUT2D eigenvalue weighted by atomic mass is 32.1. The quantitative estimate of drug-likeness (QED) is 0.557. The summed E-state index contributed by atoms with van der Waals surface area (Å²) in [6, 6.07) is 11.4. The summed E-state index contributed by atoms with van der Waals surface area (Å²) in [5.74, 6) is 0.762. The van der Waals surface area contributed by atoms with Crippen LogP contribution in [0.25, 0.3) is 10.2 Å². The maximum absolute atomic E-state index is 10.1. The van der Waals surface area contributed by atoms with Crippen molar-refractivity contribution in [1.29, 1.82) is 0 Å². The first kappa shape index (κ1) is 14.0. The molecule has 1 aromatic heterocycles. The van der Waals surface area contributed by atoms with E-state index in [1.165, 1.54) is 0 Å². The number of benzene rings is 2. The van der Waals surface area contributed by atoms with E-state index in [1.807, 2.05) is 29.8 Å². The second-order valence-electron chi connectivity index (χ2n) is 5.22. The lowest BCUT2D eigenvalue weighted by Gasteiger charge is -2.19. The third-order valence-electron chi connectivity index (χ3n) is 3.71. The number of fused-ring (bicyclic) bond motifs is 2. The van der Waals surface area contributed by atoms with Gasteiger partial charge in [0.15, 0.2) is 5.69 Å². The van der Waals surface area contributed by atoms with Gasteiger partial charge in [0.05, 0.1) is 22.5 Å². The Labute approximate surface area is 136 Å². The van der Waals surface area contributed by atoms with E-state index in [4.69, 9.17) is 4.74 Å². The Kier molecular flexibility index (Phi) is 3.34. The summed E-state index contributed by atoms with van der Waals surface area (Å²) in [5.41, 5.74) is 2.28. The predicted octanol–water partition coefficient (Wildman–Crippen LogP) is 3.65. The molecule has 0 saturated carbocycles. The molecule has 1 aliphatic rings. The first-order valence-electron chi connectivity index (χ1n) is 7.25. The molecule has 0 radical (unpaired) electrons. The lowest BCUT2D eigenvalue weighted by molar-refractivity contribution is -0.627. The van der Waals surface area contributed by atoms with E-state index in [2.05, 4.69) is 21.6 Å². The molecule has 1 aliphatic heterocycles. The lowest BCUT2D eigenvalue weighted by Crippen LogP contribution is -2.25. The Balaban J connectivity index is 1.71. The minimum Gasteiger partial charge on any atom is -0.505 e. The van der Waals surface area contributed by atoms with Crippen LogP contribution >= 0.6 is 11.3 Å². The van der Waals surface area contributed by atoms with E-state index in [9.17, 15) is 5.11 Å². The number of anilines is 1. The van der Waals surface area contributed by atoms with E-state index in [0.29, 0.717) is 18.0 Å². The molecule has 23 heavy (non-hydrogen) atoms. The minimum absolute atomic E-state index is 0.0780. The lowest BCUT2D eigenvalue weighted by atomic mass is 10.2. The second kappa shape index (κ2) is 5.51. The van der Waals surface area contributed by atoms with Crippen molar-refractivity contribution in [3.63, 3.8) is 0 Å². The van der Waals surface area contributed by atoms with Crippen molar-refractivity contribution < 1.29 is 14.4 Å².